The van der Waals surface area contributed by atoms with Gasteiger partial charge in [0.2, 0.25) is 0 Å². The summed E-state index contributed by atoms with van der Waals surface area (Å²) in [5.74, 6) is -1.15. The molecule has 1 rings (SSSR count). The second-order valence-corrected chi connectivity index (χ2v) is 5.49. The maximum absolute atomic E-state index is 11.0. The number of rotatable bonds is 9. The van der Waals surface area contributed by atoms with Crippen molar-refractivity contribution in [1.29, 1.82) is 5.26 Å². The van der Waals surface area contributed by atoms with Crippen LogP contribution in [0.3, 0.4) is 0 Å². The molecule has 0 fully saturated rings. The van der Waals surface area contributed by atoms with E-state index in [9.17, 15) is 4.79 Å². The highest BCUT2D eigenvalue weighted by molar-refractivity contribution is 5.69. The highest BCUT2D eigenvalue weighted by Crippen LogP contribution is 2.11. The fourth-order valence-electron chi connectivity index (χ4n) is 2.28. The summed E-state index contributed by atoms with van der Waals surface area (Å²) in [5, 5.41) is 18.0. The molecular formula is C17H24N2O2. The molecule has 0 amide bonds. The van der Waals surface area contributed by atoms with E-state index in [0.29, 0.717) is 18.7 Å². The summed E-state index contributed by atoms with van der Waals surface area (Å²) < 4.78 is 0. The maximum Gasteiger partial charge on any atom is 0.307 e. The van der Waals surface area contributed by atoms with Crippen molar-refractivity contribution in [3.8, 4) is 6.07 Å². The molecule has 0 aliphatic carbocycles. The number of nitrogens with zero attached hydrogens (tertiary/aromatic N) is 2. The largest absolute Gasteiger partial charge is 0.481 e. The molecule has 0 aliphatic heterocycles. The van der Waals surface area contributed by atoms with E-state index in [1.54, 1.807) is 13.0 Å². The Balaban J connectivity index is 2.70. The van der Waals surface area contributed by atoms with E-state index in [4.69, 9.17) is 10.4 Å². The van der Waals surface area contributed by atoms with Crippen LogP contribution in [-0.2, 0) is 11.3 Å². The molecule has 21 heavy (non-hydrogen) atoms. The highest BCUT2D eigenvalue weighted by atomic mass is 16.4. The fourth-order valence-corrected chi connectivity index (χ4v) is 2.28. The van der Waals surface area contributed by atoms with Crippen molar-refractivity contribution in [3.05, 3.63) is 35.4 Å². The van der Waals surface area contributed by atoms with Gasteiger partial charge in [-0.1, -0.05) is 38.8 Å². The molecule has 0 aliphatic rings. The number of aliphatic carboxylic acids is 1. The van der Waals surface area contributed by atoms with Gasteiger partial charge in [-0.25, -0.2) is 0 Å². The molecule has 4 nitrogen and oxygen atoms in total. The fraction of sp³-hybridized carbons (Fsp3) is 0.529. The van der Waals surface area contributed by atoms with Gasteiger partial charge in [-0.3, -0.25) is 9.69 Å². The molecular weight excluding hydrogens is 264 g/mol. The number of hydrogen-bond donors (Lipinski definition) is 1. The number of carbonyl (C=O) groups is 1. The summed E-state index contributed by atoms with van der Waals surface area (Å²) in [6, 6.07) is 9.65. The molecule has 1 aromatic rings. The van der Waals surface area contributed by atoms with Crippen LogP contribution in [0.1, 0.15) is 44.2 Å². The second kappa shape index (κ2) is 9.15. The zero-order chi connectivity index (χ0) is 15.7. The SMILES string of the molecule is CCCCCN(Cc1cccc(C#N)c1)CC(C)C(=O)O. The van der Waals surface area contributed by atoms with Crippen molar-refractivity contribution >= 4 is 5.97 Å². The Kier molecular flexibility index (Phi) is 7.49. The van der Waals surface area contributed by atoms with Gasteiger partial charge in [0.25, 0.3) is 0 Å². The molecule has 1 atom stereocenters. The first kappa shape index (κ1) is 17.2. The number of carboxylic acids is 1. The minimum atomic E-state index is -0.763. The van der Waals surface area contributed by atoms with Gasteiger partial charge in [-0.2, -0.15) is 5.26 Å². The Hall–Kier alpha value is -1.86. The highest BCUT2D eigenvalue weighted by Gasteiger charge is 2.16. The van der Waals surface area contributed by atoms with Gasteiger partial charge in [0, 0.05) is 13.1 Å². The van der Waals surface area contributed by atoms with E-state index >= 15 is 0 Å². The molecule has 0 aromatic heterocycles. The topological polar surface area (TPSA) is 64.3 Å². The lowest BCUT2D eigenvalue weighted by molar-refractivity contribution is -0.141. The standard InChI is InChI=1S/C17H24N2O2/c1-3-4-5-9-19(12-14(2)17(20)21)13-16-8-6-7-15(10-16)11-18/h6-8,10,14H,3-5,9,12-13H2,1-2H3,(H,20,21). The van der Waals surface area contributed by atoms with Gasteiger partial charge >= 0.3 is 5.97 Å². The predicted molar refractivity (Wildman–Crippen MR) is 82.8 cm³/mol. The van der Waals surface area contributed by atoms with E-state index in [1.165, 1.54) is 0 Å². The van der Waals surface area contributed by atoms with E-state index in [1.807, 2.05) is 18.2 Å². The third-order valence-electron chi connectivity index (χ3n) is 3.49. The molecule has 114 valence electrons. The van der Waals surface area contributed by atoms with Crippen LogP contribution in [0, 0.1) is 17.2 Å². The Morgan fingerprint density at radius 1 is 1.43 bits per heavy atom. The lowest BCUT2D eigenvalue weighted by Gasteiger charge is -2.24. The number of hydrogen-bond acceptors (Lipinski definition) is 3. The summed E-state index contributed by atoms with van der Waals surface area (Å²) in [7, 11) is 0. The van der Waals surface area contributed by atoms with Crippen LogP contribution in [0.15, 0.2) is 24.3 Å². The monoisotopic (exact) mass is 288 g/mol. The van der Waals surface area contributed by atoms with Gasteiger partial charge < -0.3 is 5.11 Å². The van der Waals surface area contributed by atoms with Gasteiger partial charge in [-0.15, -0.1) is 0 Å². The molecule has 0 radical (unpaired) electrons. The molecule has 0 spiro atoms. The van der Waals surface area contributed by atoms with Crippen LogP contribution in [0.5, 0.6) is 0 Å². The molecule has 0 heterocycles. The first-order chi connectivity index (χ1) is 10.1. The Morgan fingerprint density at radius 3 is 2.81 bits per heavy atom. The first-order valence-corrected chi connectivity index (χ1v) is 7.51. The summed E-state index contributed by atoms with van der Waals surface area (Å²) >= 11 is 0. The minimum Gasteiger partial charge on any atom is -0.481 e. The smallest absolute Gasteiger partial charge is 0.307 e. The Morgan fingerprint density at radius 2 is 2.19 bits per heavy atom. The zero-order valence-electron chi connectivity index (χ0n) is 12.9. The van der Waals surface area contributed by atoms with Crippen molar-refractivity contribution in [2.75, 3.05) is 13.1 Å². The molecule has 0 bridgehead atoms. The number of nitriles is 1. The number of carboxylic acid groups (broad SMARTS) is 1. The number of unbranched alkanes of at least 4 members (excludes halogenated alkanes) is 2. The number of benzene rings is 1. The van der Waals surface area contributed by atoms with E-state index in [-0.39, 0.29) is 5.92 Å². The van der Waals surface area contributed by atoms with E-state index in [2.05, 4.69) is 17.9 Å². The lowest BCUT2D eigenvalue weighted by Crippen LogP contribution is -2.32. The predicted octanol–water partition coefficient (Wildman–Crippen LogP) is 3.27. The summed E-state index contributed by atoms with van der Waals surface area (Å²) in [6.07, 6.45) is 3.36. The van der Waals surface area contributed by atoms with Crippen molar-refractivity contribution in [2.24, 2.45) is 5.92 Å². The quantitative estimate of drug-likeness (QED) is 0.708. The summed E-state index contributed by atoms with van der Waals surface area (Å²) in [4.78, 5) is 13.2. The van der Waals surface area contributed by atoms with Gasteiger partial charge in [0.05, 0.1) is 17.6 Å². The third-order valence-corrected chi connectivity index (χ3v) is 3.49. The molecule has 4 heteroatoms. The molecule has 1 unspecified atom stereocenters. The Bertz CT molecular complexity index is 494. The van der Waals surface area contributed by atoms with Crippen LogP contribution < -0.4 is 0 Å². The average molecular weight is 288 g/mol. The third kappa shape index (κ3) is 6.42. The van der Waals surface area contributed by atoms with Crippen molar-refractivity contribution in [1.82, 2.24) is 4.90 Å². The lowest BCUT2D eigenvalue weighted by atomic mass is 10.1. The van der Waals surface area contributed by atoms with Gasteiger partial charge in [-0.05, 0) is 30.7 Å². The molecule has 0 saturated heterocycles. The Labute approximate surface area is 127 Å². The summed E-state index contributed by atoms with van der Waals surface area (Å²) in [5.41, 5.74) is 1.70. The zero-order valence-corrected chi connectivity index (χ0v) is 12.9. The van der Waals surface area contributed by atoms with Crippen molar-refractivity contribution in [2.45, 2.75) is 39.7 Å². The summed E-state index contributed by atoms with van der Waals surface area (Å²) in [6.45, 7) is 6.01. The molecule has 0 saturated carbocycles. The molecule has 1 N–H and O–H groups in total. The van der Waals surface area contributed by atoms with Crippen molar-refractivity contribution < 1.29 is 9.90 Å². The van der Waals surface area contributed by atoms with Crippen LogP contribution in [-0.4, -0.2) is 29.1 Å². The van der Waals surface area contributed by atoms with Gasteiger partial charge in [0.1, 0.15) is 0 Å². The maximum atomic E-state index is 11.0. The average Bonchev–Trinajstić information content (AvgIpc) is 2.47. The van der Waals surface area contributed by atoms with Crippen LogP contribution in [0.4, 0.5) is 0 Å². The van der Waals surface area contributed by atoms with Crippen molar-refractivity contribution in [3.63, 3.8) is 0 Å². The van der Waals surface area contributed by atoms with Crippen LogP contribution >= 0.6 is 0 Å². The van der Waals surface area contributed by atoms with E-state index < -0.39 is 5.97 Å². The van der Waals surface area contributed by atoms with Crippen LogP contribution in [0.2, 0.25) is 0 Å². The first-order valence-electron chi connectivity index (χ1n) is 7.51. The van der Waals surface area contributed by atoms with Crippen LogP contribution in [0.25, 0.3) is 0 Å². The minimum absolute atomic E-state index is 0.384. The van der Waals surface area contributed by atoms with E-state index in [0.717, 1.165) is 31.4 Å². The normalized spacial score (nSPS) is 12.1. The van der Waals surface area contributed by atoms with Gasteiger partial charge in [0.15, 0.2) is 0 Å². The molecule has 1 aromatic carbocycles. The second-order valence-electron chi connectivity index (χ2n) is 5.49.